The van der Waals surface area contributed by atoms with Crippen molar-refractivity contribution in [2.24, 2.45) is 0 Å². The molecule has 2 N–H and O–H groups in total. The van der Waals surface area contributed by atoms with Gasteiger partial charge in [-0.25, -0.2) is 8.78 Å². The van der Waals surface area contributed by atoms with E-state index in [1.165, 1.54) is 6.07 Å². The number of carbonyl (C=O) groups excluding carboxylic acids is 1. The van der Waals surface area contributed by atoms with Crippen LogP contribution in [0.25, 0.3) is 0 Å². The van der Waals surface area contributed by atoms with Crippen LogP contribution in [0.1, 0.15) is 12.5 Å². The lowest BCUT2D eigenvalue weighted by molar-refractivity contribution is -0.121. The van der Waals surface area contributed by atoms with Gasteiger partial charge in [0.15, 0.2) is 11.6 Å². The van der Waals surface area contributed by atoms with Crippen LogP contribution in [0.4, 0.5) is 8.78 Å². The van der Waals surface area contributed by atoms with E-state index in [0.29, 0.717) is 5.56 Å². The van der Waals surface area contributed by atoms with E-state index in [9.17, 15) is 13.6 Å². The predicted octanol–water partition coefficient (Wildman–Crippen LogP) is 1.00. The van der Waals surface area contributed by atoms with Crippen molar-refractivity contribution in [3.8, 4) is 0 Å². The van der Waals surface area contributed by atoms with Crippen LogP contribution in [0.5, 0.6) is 0 Å². The lowest BCUT2D eigenvalue weighted by atomic mass is 10.1. The summed E-state index contributed by atoms with van der Waals surface area (Å²) in [5, 5.41) is 11.2. The molecule has 0 aliphatic rings. The Bertz CT molecular complexity index is 382. The first kappa shape index (κ1) is 12.6. The molecule has 0 heterocycles. The van der Waals surface area contributed by atoms with Crippen molar-refractivity contribution >= 4 is 5.91 Å². The van der Waals surface area contributed by atoms with Crippen molar-refractivity contribution < 1.29 is 18.7 Å². The monoisotopic (exact) mass is 229 g/mol. The highest BCUT2D eigenvalue weighted by atomic mass is 19.2. The van der Waals surface area contributed by atoms with Gasteiger partial charge in [-0.15, -0.1) is 0 Å². The zero-order chi connectivity index (χ0) is 12.1. The molecule has 1 amide bonds. The molecule has 1 atom stereocenters. The molecule has 0 aromatic heterocycles. The molecule has 0 saturated carbocycles. The van der Waals surface area contributed by atoms with E-state index in [4.69, 9.17) is 5.11 Å². The maximum atomic E-state index is 12.8. The van der Waals surface area contributed by atoms with Gasteiger partial charge in [-0.05, 0) is 24.6 Å². The predicted molar refractivity (Wildman–Crippen MR) is 54.8 cm³/mol. The molecule has 0 fully saturated rings. The molecule has 1 aromatic carbocycles. The fourth-order valence-electron chi connectivity index (χ4n) is 1.21. The number of aliphatic hydroxyl groups excluding tert-OH is 1. The topological polar surface area (TPSA) is 49.3 Å². The maximum Gasteiger partial charge on any atom is 0.224 e. The van der Waals surface area contributed by atoms with Crippen LogP contribution in [-0.4, -0.2) is 23.7 Å². The Morgan fingerprint density at radius 2 is 2.12 bits per heavy atom. The first-order chi connectivity index (χ1) is 7.52. The van der Waals surface area contributed by atoms with E-state index in [-0.39, 0.29) is 25.0 Å². The minimum atomic E-state index is -0.972. The lowest BCUT2D eigenvalue weighted by Gasteiger charge is -2.10. The molecule has 16 heavy (non-hydrogen) atoms. The summed E-state index contributed by atoms with van der Waals surface area (Å²) in [6.07, 6.45) is -0.0401. The summed E-state index contributed by atoms with van der Waals surface area (Å²) >= 11 is 0. The molecule has 0 bridgehead atoms. The van der Waals surface area contributed by atoms with Gasteiger partial charge in [-0.1, -0.05) is 6.07 Å². The highest BCUT2D eigenvalue weighted by molar-refractivity contribution is 5.78. The smallest absolute Gasteiger partial charge is 0.224 e. The third-order valence-electron chi connectivity index (χ3n) is 2.03. The molecule has 1 aromatic rings. The van der Waals surface area contributed by atoms with Gasteiger partial charge < -0.3 is 10.4 Å². The van der Waals surface area contributed by atoms with Gasteiger partial charge in [0, 0.05) is 6.04 Å². The third kappa shape index (κ3) is 3.58. The van der Waals surface area contributed by atoms with Gasteiger partial charge in [-0.2, -0.15) is 0 Å². The van der Waals surface area contributed by atoms with Crippen LogP contribution in [0.15, 0.2) is 18.2 Å². The summed E-state index contributed by atoms with van der Waals surface area (Å²) < 4.78 is 25.4. The zero-order valence-corrected chi connectivity index (χ0v) is 8.84. The molecule has 0 aliphatic carbocycles. The first-order valence-corrected chi connectivity index (χ1v) is 4.87. The van der Waals surface area contributed by atoms with Gasteiger partial charge in [0.25, 0.3) is 0 Å². The summed E-state index contributed by atoms with van der Waals surface area (Å²) in [5.41, 5.74) is 0.390. The fraction of sp³-hybridized carbons (Fsp3) is 0.364. The van der Waals surface area contributed by atoms with Crippen molar-refractivity contribution in [3.63, 3.8) is 0 Å². The summed E-state index contributed by atoms with van der Waals surface area (Å²) in [6, 6.07) is 2.96. The van der Waals surface area contributed by atoms with Crippen molar-refractivity contribution in [2.45, 2.75) is 19.4 Å². The van der Waals surface area contributed by atoms with E-state index in [2.05, 4.69) is 5.32 Å². The van der Waals surface area contributed by atoms with Gasteiger partial charge >= 0.3 is 0 Å². The minimum absolute atomic E-state index is 0.0401. The highest BCUT2D eigenvalue weighted by Gasteiger charge is 2.09. The summed E-state index contributed by atoms with van der Waals surface area (Å²) in [7, 11) is 0. The number of rotatable bonds is 4. The largest absolute Gasteiger partial charge is 0.394 e. The Labute approximate surface area is 92.1 Å². The molecular weight excluding hydrogens is 216 g/mol. The van der Waals surface area contributed by atoms with Gasteiger partial charge in [-0.3, -0.25) is 4.79 Å². The van der Waals surface area contributed by atoms with Gasteiger partial charge in [0.1, 0.15) is 0 Å². The normalized spacial score (nSPS) is 12.2. The zero-order valence-electron chi connectivity index (χ0n) is 8.84. The lowest BCUT2D eigenvalue weighted by Crippen LogP contribution is -2.36. The summed E-state index contributed by atoms with van der Waals surface area (Å²) in [5.74, 6) is -2.25. The Kier molecular flexibility index (Phi) is 4.37. The summed E-state index contributed by atoms with van der Waals surface area (Å²) in [4.78, 5) is 11.3. The Balaban J connectivity index is 2.59. The molecule has 1 rings (SSSR count). The average Bonchev–Trinajstić information content (AvgIpc) is 2.23. The molecule has 3 nitrogen and oxygen atoms in total. The van der Waals surface area contributed by atoms with Crippen LogP contribution in [0.3, 0.4) is 0 Å². The Morgan fingerprint density at radius 3 is 2.69 bits per heavy atom. The van der Waals surface area contributed by atoms with Crippen molar-refractivity contribution in [3.05, 3.63) is 35.4 Å². The summed E-state index contributed by atoms with van der Waals surface area (Å²) in [6.45, 7) is 1.48. The number of halogens is 2. The molecule has 0 spiro atoms. The average molecular weight is 229 g/mol. The molecule has 0 saturated heterocycles. The second-order valence-electron chi connectivity index (χ2n) is 3.58. The van der Waals surface area contributed by atoms with E-state index in [0.717, 1.165) is 12.1 Å². The quantitative estimate of drug-likeness (QED) is 0.809. The number of nitrogens with one attached hydrogen (secondary N) is 1. The second-order valence-corrected chi connectivity index (χ2v) is 3.58. The second kappa shape index (κ2) is 5.55. The van der Waals surface area contributed by atoms with Gasteiger partial charge in [0.2, 0.25) is 5.91 Å². The first-order valence-electron chi connectivity index (χ1n) is 4.87. The van der Waals surface area contributed by atoms with E-state index < -0.39 is 11.6 Å². The number of benzene rings is 1. The van der Waals surface area contributed by atoms with Crippen LogP contribution in [-0.2, 0) is 11.2 Å². The molecule has 88 valence electrons. The Hall–Kier alpha value is -1.49. The SMILES string of the molecule is CC(CO)NC(=O)Cc1ccc(F)c(F)c1. The van der Waals surface area contributed by atoms with Crippen LogP contribution in [0, 0.1) is 11.6 Å². The maximum absolute atomic E-state index is 12.8. The van der Waals surface area contributed by atoms with Crippen molar-refractivity contribution in [1.82, 2.24) is 5.32 Å². The number of hydrogen-bond acceptors (Lipinski definition) is 2. The number of aliphatic hydroxyl groups is 1. The Morgan fingerprint density at radius 1 is 1.44 bits per heavy atom. The minimum Gasteiger partial charge on any atom is -0.394 e. The third-order valence-corrected chi connectivity index (χ3v) is 2.03. The molecule has 5 heteroatoms. The molecule has 1 unspecified atom stereocenters. The number of hydrogen-bond donors (Lipinski definition) is 2. The standard InChI is InChI=1S/C11H13F2NO2/c1-7(6-15)14-11(16)5-8-2-3-9(12)10(13)4-8/h2-4,7,15H,5-6H2,1H3,(H,14,16). The van der Waals surface area contributed by atoms with Crippen LogP contribution in [0.2, 0.25) is 0 Å². The molecular formula is C11H13F2NO2. The number of carbonyl (C=O) groups is 1. The highest BCUT2D eigenvalue weighted by Crippen LogP contribution is 2.09. The van der Waals surface area contributed by atoms with E-state index >= 15 is 0 Å². The van der Waals surface area contributed by atoms with Crippen LogP contribution < -0.4 is 5.32 Å². The van der Waals surface area contributed by atoms with E-state index in [1.54, 1.807) is 6.92 Å². The van der Waals surface area contributed by atoms with E-state index in [1.807, 2.05) is 0 Å². The van der Waals surface area contributed by atoms with Gasteiger partial charge in [0.05, 0.1) is 13.0 Å². The molecule has 0 radical (unpaired) electrons. The van der Waals surface area contributed by atoms with Crippen molar-refractivity contribution in [2.75, 3.05) is 6.61 Å². The number of amides is 1. The van der Waals surface area contributed by atoms with Crippen LogP contribution >= 0.6 is 0 Å². The van der Waals surface area contributed by atoms with Crippen molar-refractivity contribution in [1.29, 1.82) is 0 Å². The molecule has 0 aliphatic heterocycles. The fourth-order valence-corrected chi connectivity index (χ4v) is 1.21.